The minimum atomic E-state index is 0. The van der Waals surface area contributed by atoms with Gasteiger partial charge in [0.2, 0.25) is 0 Å². The molecule has 2 aliphatic carbocycles. The summed E-state index contributed by atoms with van der Waals surface area (Å²) in [5.74, 6) is 0.917. The fourth-order valence-corrected chi connectivity index (χ4v) is 6.06. The van der Waals surface area contributed by atoms with E-state index in [2.05, 4.69) is 69.3 Å². The first-order chi connectivity index (χ1) is 13.4. The van der Waals surface area contributed by atoms with E-state index in [4.69, 9.17) is 0 Å². The number of rotatable bonds is 3. The summed E-state index contributed by atoms with van der Waals surface area (Å²) in [5, 5.41) is 0. The summed E-state index contributed by atoms with van der Waals surface area (Å²) in [5.41, 5.74) is 9.17. The van der Waals surface area contributed by atoms with Gasteiger partial charge < -0.3 is 0 Å². The van der Waals surface area contributed by atoms with Gasteiger partial charge in [0, 0.05) is 0 Å². The molecule has 2 aromatic rings. The summed E-state index contributed by atoms with van der Waals surface area (Å²) in [7, 11) is 0. The molecule has 0 N–H and O–H groups in total. The maximum Gasteiger partial charge on any atom is -0.147 e. The van der Waals surface area contributed by atoms with Crippen LogP contribution in [-0.2, 0) is 30.1 Å². The van der Waals surface area contributed by atoms with Crippen molar-refractivity contribution in [2.24, 2.45) is 5.92 Å². The molecule has 0 aliphatic heterocycles. The Balaban J connectivity index is 0.00000160. The van der Waals surface area contributed by atoms with Gasteiger partial charge in [-0.3, -0.25) is 0 Å². The first kappa shape index (κ1) is 25.9. The summed E-state index contributed by atoms with van der Waals surface area (Å²) in [6.45, 7) is 6.86. The molecular weight excluding hydrogens is 486 g/mol. The van der Waals surface area contributed by atoms with Crippen molar-refractivity contribution < 1.29 is 24.7 Å². The molecule has 1 fully saturated rings. The van der Waals surface area contributed by atoms with Gasteiger partial charge in [0.1, 0.15) is 0 Å². The molecule has 1 saturated carbocycles. The van der Waals surface area contributed by atoms with Gasteiger partial charge in [0.05, 0.1) is 0 Å². The van der Waals surface area contributed by atoms with Crippen molar-refractivity contribution in [2.75, 3.05) is 0 Å². The van der Waals surface area contributed by atoms with Crippen molar-refractivity contribution >= 4 is 30.9 Å². The molecule has 0 spiro atoms. The van der Waals surface area contributed by atoms with E-state index in [0.717, 1.165) is 5.92 Å². The minimum Gasteiger partial charge on any atom is -0.147 e. The smallest absolute Gasteiger partial charge is 0.147 e. The molecule has 1 atom stereocenters. The van der Waals surface area contributed by atoms with Gasteiger partial charge in [-0.05, 0) is 0 Å². The standard InChI is InChI=1S/C27H33.2ClH.Zr/c1-27(2,3)24-15-13-22(14-16-24)25-12-8-11-23-18-21(19-26(23)25)17-20-9-6-4-5-7-10-20;;;/h8,11-16,18-20H,4-7,9-10,17H2,1-3H3;2*1H;. The van der Waals surface area contributed by atoms with E-state index in [1.54, 1.807) is 35.9 Å². The Bertz CT molecular complexity index is 853. The van der Waals surface area contributed by atoms with Crippen LogP contribution in [0.3, 0.4) is 0 Å². The second-order valence-corrected chi connectivity index (χ2v) is 11.3. The Morgan fingerprint density at radius 1 is 0.867 bits per heavy atom. The van der Waals surface area contributed by atoms with E-state index >= 15 is 0 Å². The molecule has 0 aromatic heterocycles. The fraction of sp³-hybridized carbons (Fsp3) is 0.481. The monoisotopic (exact) mass is 519 g/mol. The number of hydrogen-bond donors (Lipinski definition) is 0. The molecule has 30 heavy (non-hydrogen) atoms. The molecule has 0 nitrogen and oxygen atoms in total. The Morgan fingerprint density at radius 3 is 2.10 bits per heavy atom. The molecule has 161 valence electrons. The molecule has 4 rings (SSSR count). The van der Waals surface area contributed by atoms with Gasteiger partial charge in [-0.25, -0.2) is 0 Å². The molecule has 1 unspecified atom stereocenters. The third kappa shape index (κ3) is 5.71. The van der Waals surface area contributed by atoms with Crippen molar-refractivity contribution in [1.29, 1.82) is 0 Å². The number of benzene rings is 2. The zero-order valence-electron chi connectivity index (χ0n) is 18.5. The maximum absolute atomic E-state index is 2.56. The third-order valence-electron chi connectivity index (χ3n) is 6.71. The van der Waals surface area contributed by atoms with Crippen molar-refractivity contribution in [2.45, 2.75) is 74.8 Å². The van der Waals surface area contributed by atoms with Crippen LogP contribution >= 0.6 is 24.8 Å². The summed E-state index contributed by atoms with van der Waals surface area (Å²) >= 11 is 1.65. The van der Waals surface area contributed by atoms with Crippen LogP contribution in [0.5, 0.6) is 0 Å². The van der Waals surface area contributed by atoms with Crippen molar-refractivity contribution in [3.63, 3.8) is 0 Å². The van der Waals surface area contributed by atoms with Crippen LogP contribution in [0.4, 0.5) is 0 Å². The topological polar surface area (TPSA) is 0 Å². The zero-order valence-corrected chi connectivity index (χ0v) is 22.6. The van der Waals surface area contributed by atoms with E-state index in [-0.39, 0.29) is 30.2 Å². The fourth-order valence-electron chi connectivity index (χ4n) is 4.94. The molecule has 0 heterocycles. The first-order valence-electron chi connectivity index (χ1n) is 11.1. The Labute approximate surface area is 211 Å². The molecule has 2 aromatic carbocycles. The van der Waals surface area contributed by atoms with E-state index in [0.29, 0.717) is 3.63 Å². The molecule has 0 bridgehead atoms. The molecule has 0 saturated heterocycles. The van der Waals surface area contributed by atoms with Crippen LogP contribution in [0.25, 0.3) is 17.2 Å². The largest absolute Gasteiger partial charge is 0.147 e. The van der Waals surface area contributed by atoms with Crippen LogP contribution in [0, 0.1) is 5.92 Å². The zero-order chi connectivity index (χ0) is 19.7. The van der Waals surface area contributed by atoms with Gasteiger partial charge in [0.25, 0.3) is 0 Å². The van der Waals surface area contributed by atoms with Crippen molar-refractivity contribution in [3.8, 4) is 11.1 Å². The van der Waals surface area contributed by atoms with Crippen LogP contribution < -0.4 is 0 Å². The predicted octanol–water partition coefficient (Wildman–Crippen LogP) is 8.84. The second-order valence-electron chi connectivity index (χ2n) is 9.85. The van der Waals surface area contributed by atoms with E-state index in [1.807, 2.05) is 0 Å². The Hall–Kier alpha value is -0.357. The first-order valence-corrected chi connectivity index (χ1v) is 12.5. The Morgan fingerprint density at radius 2 is 1.50 bits per heavy atom. The van der Waals surface area contributed by atoms with Crippen LogP contribution in [0.1, 0.15) is 86.0 Å². The summed E-state index contributed by atoms with van der Waals surface area (Å²) in [6.07, 6.45) is 12.6. The normalized spacial score (nSPS) is 19.1. The SMILES string of the molecule is CC(C)(C)c1ccc(-c2cccc3c2C=C(CC2CCCCCC2)[CH]3[Zr])cc1.Cl.Cl. The summed E-state index contributed by atoms with van der Waals surface area (Å²) in [6, 6.07) is 16.2. The number of halogens is 2. The van der Waals surface area contributed by atoms with Crippen molar-refractivity contribution in [1.82, 2.24) is 0 Å². The van der Waals surface area contributed by atoms with E-state index in [9.17, 15) is 0 Å². The van der Waals surface area contributed by atoms with Gasteiger partial charge in [0.15, 0.2) is 0 Å². The van der Waals surface area contributed by atoms with Crippen LogP contribution in [0.15, 0.2) is 48.0 Å². The average Bonchev–Trinajstić information content (AvgIpc) is 2.85. The van der Waals surface area contributed by atoms with Crippen LogP contribution in [0.2, 0.25) is 0 Å². The van der Waals surface area contributed by atoms with E-state index < -0.39 is 0 Å². The maximum atomic E-state index is 2.56. The Kier molecular flexibility index (Phi) is 9.48. The molecule has 2 aliphatic rings. The van der Waals surface area contributed by atoms with Crippen LogP contribution in [-0.4, -0.2) is 0 Å². The van der Waals surface area contributed by atoms with Gasteiger partial charge in [-0.1, -0.05) is 0 Å². The predicted molar refractivity (Wildman–Crippen MR) is 132 cm³/mol. The molecule has 0 radical (unpaired) electrons. The number of hydrogen-bond acceptors (Lipinski definition) is 0. The molecule has 3 heteroatoms. The quantitative estimate of drug-likeness (QED) is 0.354. The minimum absolute atomic E-state index is 0. The van der Waals surface area contributed by atoms with Crippen molar-refractivity contribution in [3.05, 3.63) is 64.7 Å². The summed E-state index contributed by atoms with van der Waals surface area (Å²) < 4.78 is 0.666. The van der Waals surface area contributed by atoms with Gasteiger partial charge in [-0.15, -0.1) is 24.8 Å². The number of fused-ring (bicyclic) bond motifs is 1. The third-order valence-corrected chi connectivity index (χ3v) is 8.39. The molecule has 0 amide bonds. The second kappa shape index (κ2) is 11.0. The average molecular weight is 522 g/mol. The summed E-state index contributed by atoms with van der Waals surface area (Å²) in [4.78, 5) is 0. The molecular formula is C27H35Cl2Zr. The van der Waals surface area contributed by atoms with E-state index in [1.165, 1.54) is 67.2 Å². The number of allylic oxidation sites excluding steroid dienone is 1. The van der Waals surface area contributed by atoms with Gasteiger partial charge >= 0.3 is 187 Å². The van der Waals surface area contributed by atoms with Gasteiger partial charge in [-0.2, -0.15) is 0 Å².